The zero-order chi connectivity index (χ0) is 24.2. The summed E-state index contributed by atoms with van der Waals surface area (Å²) in [5.41, 5.74) is 1.02. The normalized spacial score (nSPS) is 14.7. The third kappa shape index (κ3) is 5.08. The molecule has 3 aromatic rings. The first-order valence-electron chi connectivity index (χ1n) is 10.1. The van der Waals surface area contributed by atoms with E-state index in [0.29, 0.717) is 22.6 Å². The number of amides is 2. The summed E-state index contributed by atoms with van der Waals surface area (Å²) in [4.78, 5) is 26.4. The van der Waals surface area contributed by atoms with Crippen LogP contribution in [0.4, 0.5) is 13.6 Å². The van der Waals surface area contributed by atoms with E-state index < -0.39 is 17.0 Å². The van der Waals surface area contributed by atoms with Crippen LogP contribution in [-0.2, 0) is 17.9 Å². The first-order chi connectivity index (χ1) is 16.4. The zero-order valence-electron chi connectivity index (χ0n) is 17.9. The minimum atomic E-state index is -0.595. The molecular formula is C25H18ClF2NO4S. The second kappa shape index (κ2) is 10.3. The van der Waals surface area contributed by atoms with E-state index in [0.717, 1.165) is 16.7 Å². The molecule has 1 saturated heterocycles. The molecule has 174 valence electrons. The van der Waals surface area contributed by atoms with Crippen LogP contribution in [0, 0.1) is 11.6 Å². The van der Waals surface area contributed by atoms with Crippen molar-refractivity contribution < 1.29 is 27.8 Å². The summed E-state index contributed by atoms with van der Waals surface area (Å²) in [5.74, 6) is -0.768. The summed E-state index contributed by atoms with van der Waals surface area (Å²) >= 11 is 6.79. The number of hydrogen-bond donors (Lipinski definition) is 0. The van der Waals surface area contributed by atoms with Gasteiger partial charge in [0.1, 0.15) is 18.2 Å². The van der Waals surface area contributed by atoms with E-state index in [4.69, 9.17) is 21.1 Å². The number of imide groups is 1. The highest BCUT2D eigenvalue weighted by Crippen LogP contribution is 2.36. The van der Waals surface area contributed by atoms with Gasteiger partial charge >= 0.3 is 0 Å². The summed E-state index contributed by atoms with van der Waals surface area (Å²) in [5, 5.41) is -0.394. The van der Waals surface area contributed by atoms with Crippen LogP contribution in [0.5, 0.6) is 11.5 Å². The Morgan fingerprint density at radius 3 is 2.50 bits per heavy atom. The lowest BCUT2D eigenvalue weighted by atomic mass is 10.1. The Morgan fingerprint density at radius 2 is 1.76 bits per heavy atom. The van der Waals surface area contributed by atoms with Gasteiger partial charge in [0.15, 0.2) is 11.5 Å². The fourth-order valence-electron chi connectivity index (χ4n) is 3.30. The Bertz CT molecular complexity index is 1280. The van der Waals surface area contributed by atoms with Crippen molar-refractivity contribution >= 4 is 40.6 Å². The van der Waals surface area contributed by atoms with Crippen molar-refractivity contribution in [2.45, 2.75) is 13.2 Å². The van der Waals surface area contributed by atoms with Gasteiger partial charge in [-0.25, -0.2) is 8.78 Å². The predicted molar refractivity (Wildman–Crippen MR) is 127 cm³/mol. The van der Waals surface area contributed by atoms with Crippen LogP contribution in [0.15, 0.2) is 65.6 Å². The van der Waals surface area contributed by atoms with Gasteiger partial charge in [0.2, 0.25) is 0 Å². The maximum absolute atomic E-state index is 14.1. The van der Waals surface area contributed by atoms with Crippen LogP contribution >= 0.6 is 23.4 Å². The van der Waals surface area contributed by atoms with Crippen molar-refractivity contribution in [1.82, 2.24) is 4.90 Å². The van der Waals surface area contributed by atoms with Crippen LogP contribution in [-0.4, -0.2) is 23.2 Å². The zero-order valence-corrected chi connectivity index (χ0v) is 19.5. The number of hydrogen-bond acceptors (Lipinski definition) is 5. The van der Waals surface area contributed by atoms with E-state index >= 15 is 0 Å². The van der Waals surface area contributed by atoms with Gasteiger partial charge in [-0.05, 0) is 53.7 Å². The van der Waals surface area contributed by atoms with Gasteiger partial charge in [0.25, 0.3) is 11.1 Å². The van der Waals surface area contributed by atoms with Crippen LogP contribution in [0.25, 0.3) is 6.08 Å². The number of benzene rings is 3. The van der Waals surface area contributed by atoms with E-state index in [9.17, 15) is 18.4 Å². The number of nitrogens with zero attached hydrogens (tertiary/aromatic N) is 1. The van der Waals surface area contributed by atoms with Gasteiger partial charge in [0.05, 0.1) is 18.6 Å². The average molecular weight is 502 g/mol. The van der Waals surface area contributed by atoms with E-state index in [1.54, 1.807) is 36.4 Å². The molecule has 4 rings (SSSR count). The fourth-order valence-corrected chi connectivity index (χ4v) is 4.36. The SMILES string of the molecule is COc1ccc(/C=C2\SC(=O)N(Cc3c(F)cccc3Cl)C2=O)cc1OCc1ccccc1F. The number of methoxy groups -OCH3 is 1. The highest BCUT2D eigenvalue weighted by atomic mass is 35.5. The second-order valence-corrected chi connectivity index (χ2v) is 8.66. The van der Waals surface area contributed by atoms with E-state index in [1.165, 1.54) is 37.5 Å². The topological polar surface area (TPSA) is 55.8 Å². The number of halogens is 3. The number of ether oxygens (including phenoxy) is 2. The first kappa shape index (κ1) is 23.8. The van der Waals surface area contributed by atoms with E-state index in [1.807, 2.05) is 0 Å². The molecule has 1 heterocycles. The molecule has 1 aliphatic heterocycles. The number of carbonyl (C=O) groups excluding carboxylic acids is 2. The van der Waals surface area contributed by atoms with Crippen molar-refractivity contribution in [2.24, 2.45) is 0 Å². The molecular weight excluding hydrogens is 484 g/mol. The van der Waals surface area contributed by atoms with Gasteiger partial charge in [-0.15, -0.1) is 0 Å². The third-order valence-corrected chi connectivity index (χ3v) is 6.34. The largest absolute Gasteiger partial charge is 0.493 e. The van der Waals surface area contributed by atoms with Crippen LogP contribution in [0.2, 0.25) is 5.02 Å². The van der Waals surface area contributed by atoms with E-state index in [2.05, 4.69) is 0 Å². The van der Waals surface area contributed by atoms with Crippen molar-refractivity contribution in [3.8, 4) is 11.5 Å². The molecule has 5 nitrogen and oxygen atoms in total. The van der Waals surface area contributed by atoms with Crippen molar-refractivity contribution in [3.05, 3.63) is 98.9 Å². The van der Waals surface area contributed by atoms with E-state index in [-0.39, 0.29) is 34.5 Å². The minimum Gasteiger partial charge on any atom is -0.493 e. The molecule has 0 radical (unpaired) electrons. The smallest absolute Gasteiger partial charge is 0.293 e. The molecule has 0 atom stereocenters. The monoisotopic (exact) mass is 501 g/mol. The Balaban J connectivity index is 1.55. The number of carbonyl (C=O) groups is 2. The first-order valence-corrected chi connectivity index (χ1v) is 11.3. The second-order valence-electron chi connectivity index (χ2n) is 7.26. The molecule has 0 N–H and O–H groups in total. The summed E-state index contributed by atoms with van der Waals surface area (Å²) in [7, 11) is 1.48. The predicted octanol–water partition coefficient (Wildman–Crippen LogP) is 6.44. The van der Waals surface area contributed by atoms with Gasteiger partial charge < -0.3 is 9.47 Å². The molecule has 0 bridgehead atoms. The van der Waals surface area contributed by atoms with Gasteiger partial charge in [0, 0.05) is 16.1 Å². The van der Waals surface area contributed by atoms with Crippen molar-refractivity contribution in [1.29, 1.82) is 0 Å². The molecule has 34 heavy (non-hydrogen) atoms. The molecule has 9 heteroatoms. The Labute approximate surface area is 203 Å². The minimum absolute atomic E-state index is 0.0214. The van der Waals surface area contributed by atoms with Gasteiger partial charge in [-0.3, -0.25) is 14.5 Å². The average Bonchev–Trinajstić information content (AvgIpc) is 3.08. The highest BCUT2D eigenvalue weighted by Gasteiger charge is 2.36. The summed E-state index contributed by atoms with van der Waals surface area (Å²) in [6.07, 6.45) is 1.53. The summed E-state index contributed by atoms with van der Waals surface area (Å²) in [6, 6.07) is 15.4. The molecule has 1 aliphatic rings. The van der Waals surface area contributed by atoms with Gasteiger partial charge in [-0.1, -0.05) is 41.9 Å². The molecule has 0 saturated carbocycles. The maximum atomic E-state index is 14.1. The van der Waals surface area contributed by atoms with Crippen LogP contribution in [0.1, 0.15) is 16.7 Å². The lowest BCUT2D eigenvalue weighted by Crippen LogP contribution is -2.28. The fraction of sp³-hybridized carbons (Fsp3) is 0.120. The Hall–Kier alpha value is -3.36. The molecule has 0 aromatic heterocycles. The van der Waals surface area contributed by atoms with Crippen LogP contribution < -0.4 is 9.47 Å². The van der Waals surface area contributed by atoms with Crippen molar-refractivity contribution in [3.63, 3.8) is 0 Å². The lowest BCUT2D eigenvalue weighted by Gasteiger charge is -2.14. The number of rotatable bonds is 7. The molecule has 2 amide bonds. The Morgan fingerprint density at radius 1 is 1.00 bits per heavy atom. The molecule has 0 unspecified atom stereocenters. The molecule has 1 fully saturated rings. The molecule has 0 spiro atoms. The standard InChI is InChI=1S/C25H18ClF2NO4S/c1-32-21-10-9-15(11-22(21)33-14-16-5-2-3-7-19(16)27)12-23-24(30)29(25(31)34-23)13-17-18(26)6-4-8-20(17)28/h2-12H,13-14H2,1H3/b23-12-. The molecule has 3 aromatic carbocycles. The maximum Gasteiger partial charge on any atom is 0.293 e. The third-order valence-electron chi connectivity index (χ3n) is 5.08. The highest BCUT2D eigenvalue weighted by molar-refractivity contribution is 8.18. The summed E-state index contributed by atoms with van der Waals surface area (Å²) in [6.45, 7) is -0.292. The van der Waals surface area contributed by atoms with Crippen LogP contribution in [0.3, 0.4) is 0 Å². The number of thioether (sulfide) groups is 1. The molecule has 0 aliphatic carbocycles. The summed E-state index contributed by atoms with van der Waals surface area (Å²) < 4.78 is 39.1. The quantitative estimate of drug-likeness (QED) is 0.349. The lowest BCUT2D eigenvalue weighted by molar-refractivity contribution is -0.123. The van der Waals surface area contributed by atoms with Crippen molar-refractivity contribution in [2.75, 3.05) is 7.11 Å². The Kier molecular flexibility index (Phi) is 7.19. The van der Waals surface area contributed by atoms with Gasteiger partial charge in [-0.2, -0.15) is 0 Å².